The molecule has 4 atom stereocenters. The monoisotopic (exact) mass is 1060 g/mol. The number of fused-ring (bicyclic) bond motifs is 1. The van der Waals surface area contributed by atoms with Gasteiger partial charge in [0.2, 0.25) is 23.7 Å². The number of Topliss-reactive ketones (excluding diaryl/α,β-unsaturated/α-hetero) is 1. The zero-order valence-electron chi connectivity index (χ0n) is 44.8. The van der Waals surface area contributed by atoms with Crippen molar-refractivity contribution < 1.29 is 38.5 Å². The van der Waals surface area contributed by atoms with Crippen molar-refractivity contribution in [3.8, 4) is 10.4 Å². The van der Waals surface area contributed by atoms with E-state index in [1.807, 2.05) is 82.7 Å². The van der Waals surface area contributed by atoms with Crippen molar-refractivity contribution in [2.24, 2.45) is 5.41 Å². The van der Waals surface area contributed by atoms with E-state index in [1.54, 1.807) is 29.0 Å². The standard InChI is InChI=1S/C55H73N11O9S/c1-34-43-30-57-54(62-50(43)66(40-10-8-9-11-40)52(71)47(34)37(4)67)60-45-17-16-41(29-56-45)64-20-18-63(19-21-64)22-23-73-24-25-74-26-27-75-32-46(69)61-49(55(5,6)7)53(72)65-31-42(68)28-44(65)51(70)59-35(2)38-12-14-39(15-13-38)48-36(3)58-33-76-48/h12-17,29-30,33,35,40,42,44,49,68H,8-11,18-28,31-32H2,1-7H3,(H,59,70)(H,61,69)(H,56,57,60,62)/t35-,42+,44-,49+/m0/s1. The summed E-state index contributed by atoms with van der Waals surface area (Å²) >= 11 is 1.57. The number of β-amino-alcohol motifs (C(OH)–C–C–N with tert-alkyl or cyclic N) is 1. The lowest BCUT2D eigenvalue weighted by Gasteiger charge is -2.35. The maximum absolute atomic E-state index is 14.1. The average molecular weight is 1060 g/mol. The van der Waals surface area contributed by atoms with E-state index in [-0.39, 0.29) is 67.7 Å². The quantitative estimate of drug-likeness (QED) is 0.0493. The van der Waals surface area contributed by atoms with Crippen molar-refractivity contribution in [1.82, 2.24) is 44.9 Å². The third-order valence-corrected chi connectivity index (χ3v) is 15.5. The van der Waals surface area contributed by atoms with Gasteiger partial charge in [-0.1, -0.05) is 57.9 Å². The number of carbonyl (C=O) groups is 4. The molecule has 4 N–H and O–H groups in total. The van der Waals surface area contributed by atoms with Gasteiger partial charge in [-0.05, 0) is 74.8 Å². The summed E-state index contributed by atoms with van der Waals surface area (Å²) in [5.41, 5.74) is 6.08. The summed E-state index contributed by atoms with van der Waals surface area (Å²) in [6, 6.07) is 9.62. The van der Waals surface area contributed by atoms with Crippen LogP contribution in [0.15, 0.2) is 59.1 Å². The maximum Gasteiger partial charge on any atom is 0.263 e. The maximum atomic E-state index is 14.1. The smallest absolute Gasteiger partial charge is 0.263 e. The van der Waals surface area contributed by atoms with E-state index < -0.39 is 35.4 Å². The molecule has 1 aromatic carbocycles. The molecule has 4 aromatic heterocycles. The normalized spacial score (nSPS) is 18.3. The first-order chi connectivity index (χ1) is 36.5. The molecule has 21 heteroatoms. The zero-order chi connectivity index (χ0) is 54.1. The number of nitrogens with one attached hydrogen (secondary N) is 3. The van der Waals surface area contributed by atoms with Gasteiger partial charge in [0.1, 0.15) is 30.2 Å². The van der Waals surface area contributed by atoms with Gasteiger partial charge in [-0.2, -0.15) is 4.98 Å². The largest absolute Gasteiger partial charge is 0.391 e. The van der Waals surface area contributed by atoms with Gasteiger partial charge < -0.3 is 45.1 Å². The van der Waals surface area contributed by atoms with Gasteiger partial charge in [0.15, 0.2) is 5.78 Å². The van der Waals surface area contributed by atoms with Crippen LogP contribution in [-0.2, 0) is 28.6 Å². The van der Waals surface area contributed by atoms with Crippen LogP contribution < -0.4 is 26.4 Å². The van der Waals surface area contributed by atoms with Crippen molar-refractivity contribution in [1.29, 1.82) is 0 Å². The van der Waals surface area contributed by atoms with Crippen LogP contribution in [0.5, 0.6) is 0 Å². The Morgan fingerprint density at radius 1 is 0.868 bits per heavy atom. The minimum Gasteiger partial charge on any atom is -0.391 e. The number of aromatic nitrogens is 5. The number of carbonyl (C=O) groups excluding carboxylic acids is 4. The highest BCUT2D eigenvalue weighted by Crippen LogP contribution is 2.33. The van der Waals surface area contributed by atoms with Crippen molar-refractivity contribution >= 4 is 63.3 Å². The number of anilines is 3. The number of likely N-dealkylation sites (tertiary alicyclic amines) is 1. The minimum atomic E-state index is -0.971. The molecule has 3 amide bonds. The zero-order valence-corrected chi connectivity index (χ0v) is 45.6. The van der Waals surface area contributed by atoms with Gasteiger partial charge in [-0.15, -0.1) is 11.3 Å². The Morgan fingerprint density at radius 3 is 2.21 bits per heavy atom. The van der Waals surface area contributed by atoms with Crippen molar-refractivity contribution in [2.45, 2.75) is 111 Å². The first-order valence-corrected chi connectivity index (χ1v) is 27.3. The molecule has 1 aliphatic carbocycles. The van der Waals surface area contributed by atoms with Crippen LogP contribution in [0, 0.1) is 19.3 Å². The van der Waals surface area contributed by atoms with Gasteiger partial charge in [-0.3, -0.25) is 33.4 Å². The van der Waals surface area contributed by atoms with Gasteiger partial charge in [0, 0.05) is 63.3 Å². The third-order valence-electron chi connectivity index (χ3n) is 14.6. The Morgan fingerprint density at radius 2 is 1.57 bits per heavy atom. The lowest BCUT2D eigenvalue weighted by molar-refractivity contribution is -0.144. The number of rotatable bonds is 22. The summed E-state index contributed by atoms with van der Waals surface area (Å²) in [4.78, 5) is 92.3. The molecule has 20 nitrogen and oxygen atoms in total. The SMILES string of the molecule is CC(=O)c1c(C)c2cnc(Nc3ccc(N4CCN(CCOCCOCCOCC(=O)N[C@H](C(=O)N5C[C@H](O)C[C@H]5C(=O)N[C@@H](C)c5ccc(-c6scnc6C)cc5)C(C)(C)C)CC4)cn3)nc2n(C2CCCC2)c1=O. The lowest BCUT2D eigenvalue weighted by Crippen LogP contribution is -2.58. The van der Waals surface area contributed by atoms with Crippen LogP contribution >= 0.6 is 11.3 Å². The Bertz CT molecular complexity index is 2880. The number of ether oxygens (including phenoxy) is 3. The van der Waals surface area contributed by atoms with Gasteiger partial charge in [0.05, 0.1) is 78.7 Å². The Labute approximate surface area is 447 Å². The molecule has 0 radical (unpaired) electrons. The molecule has 2 aliphatic heterocycles. The van der Waals surface area contributed by atoms with Crippen molar-refractivity contribution in [3.63, 3.8) is 0 Å². The molecule has 5 aromatic rings. The summed E-state index contributed by atoms with van der Waals surface area (Å²) in [5, 5.41) is 20.4. The van der Waals surface area contributed by atoms with Crippen molar-refractivity contribution in [3.05, 3.63) is 87.0 Å². The number of aryl methyl sites for hydroxylation is 2. The summed E-state index contributed by atoms with van der Waals surface area (Å²) in [6.07, 6.45) is 6.53. The predicted molar refractivity (Wildman–Crippen MR) is 291 cm³/mol. The fraction of sp³-hybridized carbons (Fsp3) is 0.545. The Hall–Kier alpha value is -6.23. The third kappa shape index (κ3) is 13.7. The number of aliphatic hydroxyl groups is 1. The number of aliphatic hydroxyl groups excluding tert-OH is 1. The fourth-order valence-electron chi connectivity index (χ4n) is 10.3. The van der Waals surface area contributed by atoms with Crippen LogP contribution in [0.4, 0.5) is 17.5 Å². The highest BCUT2D eigenvalue weighted by Gasteiger charge is 2.45. The molecule has 6 heterocycles. The van der Waals surface area contributed by atoms with Gasteiger partial charge >= 0.3 is 0 Å². The molecule has 0 spiro atoms. The van der Waals surface area contributed by atoms with Crippen LogP contribution in [0.25, 0.3) is 21.5 Å². The molecule has 3 fully saturated rings. The molecular formula is C55H73N11O9S. The first kappa shape index (κ1) is 56.0. The van der Waals surface area contributed by atoms with E-state index in [4.69, 9.17) is 19.2 Å². The highest BCUT2D eigenvalue weighted by molar-refractivity contribution is 7.13. The summed E-state index contributed by atoms with van der Waals surface area (Å²) in [6.45, 7) is 18.2. The Kier molecular flexibility index (Phi) is 18.6. The molecule has 0 bridgehead atoms. The van der Waals surface area contributed by atoms with Crippen LogP contribution in [-0.4, -0.2) is 160 Å². The number of nitrogens with zero attached hydrogens (tertiary/aromatic N) is 8. The number of hydrogen-bond acceptors (Lipinski definition) is 17. The summed E-state index contributed by atoms with van der Waals surface area (Å²) < 4.78 is 18.8. The van der Waals surface area contributed by atoms with Gasteiger partial charge in [0.25, 0.3) is 5.56 Å². The summed E-state index contributed by atoms with van der Waals surface area (Å²) in [5.74, 6) is -0.633. The molecule has 76 heavy (non-hydrogen) atoms. The average Bonchev–Trinajstić information content (AvgIpc) is 4.18. The van der Waals surface area contributed by atoms with Crippen molar-refractivity contribution in [2.75, 3.05) is 89.1 Å². The lowest BCUT2D eigenvalue weighted by atomic mass is 9.85. The van der Waals surface area contributed by atoms with Crippen LogP contribution in [0.2, 0.25) is 0 Å². The summed E-state index contributed by atoms with van der Waals surface area (Å²) in [7, 11) is 0. The van der Waals surface area contributed by atoms with E-state index in [1.165, 1.54) is 11.8 Å². The Balaban J connectivity index is 0.697. The molecule has 0 unspecified atom stereocenters. The van der Waals surface area contributed by atoms with E-state index in [2.05, 4.69) is 40.7 Å². The van der Waals surface area contributed by atoms with E-state index in [0.717, 1.165) is 85.8 Å². The van der Waals surface area contributed by atoms with Crippen LogP contribution in [0.3, 0.4) is 0 Å². The van der Waals surface area contributed by atoms with Gasteiger partial charge in [-0.25, -0.2) is 15.0 Å². The van der Waals surface area contributed by atoms with E-state index >= 15 is 0 Å². The number of pyridine rings is 2. The number of thiazole rings is 1. The molecule has 1 saturated carbocycles. The molecule has 408 valence electrons. The highest BCUT2D eigenvalue weighted by atomic mass is 32.1. The van der Waals surface area contributed by atoms with E-state index in [0.29, 0.717) is 48.2 Å². The van der Waals surface area contributed by atoms with Crippen LogP contribution in [0.1, 0.15) is 106 Å². The topological polar surface area (TPSA) is 236 Å². The number of piperazine rings is 1. The second-order valence-corrected chi connectivity index (χ2v) is 22.0. The predicted octanol–water partition coefficient (Wildman–Crippen LogP) is 5.53. The molecular weight excluding hydrogens is 991 g/mol. The molecule has 2 saturated heterocycles. The first-order valence-electron chi connectivity index (χ1n) is 26.4. The number of ketones is 1. The number of amides is 3. The number of hydrogen-bond donors (Lipinski definition) is 4. The fourth-order valence-corrected chi connectivity index (χ4v) is 11.1. The molecule has 8 rings (SSSR count). The molecule has 3 aliphatic rings. The minimum absolute atomic E-state index is 0.00292. The second-order valence-electron chi connectivity index (χ2n) is 21.1. The van der Waals surface area contributed by atoms with E-state index in [9.17, 15) is 29.1 Å². The second kappa shape index (κ2) is 25.3. The number of benzene rings is 1.